The largest absolute Gasteiger partial charge is 0.497 e. The topological polar surface area (TPSA) is 128 Å². The van der Waals surface area contributed by atoms with Crippen LogP contribution in [0.15, 0.2) is 48.7 Å². The molecule has 3 heterocycles. The quantitative estimate of drug-likeness (QED) is 0.489. The van der Waals surface area contributed by atoms with Gasteiger partial charge < -0.3 is 29.3 Å². The molecule has 1 aromatic heterocycles. The van der Waals surface area contributed by atoms with Crippen LogP contribution in [-0.4, -0.2) is 90.0 Å². The van der Waals surface area contributed by atoms with Crippen molar-refractivity contribution < 1.29 is 28.6 Å². The van der Waals surface area contributed by atoms with Crippen molar-refractivity contribution in [3.05, 3.63) is 65.5 Å². The average Bonchev–Trinajstić information content (AvgIpc) is 3.65. The molecule has 0 aliphatic carbocycles. The fourth-order valence-corrected chi connectivity index (χ4v) is 5.46. The second-order valence-corrected chi connectivity index (χ2v) is 10.6. The smallest absolute Gasteiger partial charge is 0.257 e. The Bertz CT molecular complexity index is 1440. The van der Waals surface area contributed by atoms with Crippen molar-refractivity contribution in [3.8, 4) is 17.2 Å². The summed E-state index contributed by atoms with van der Waals surface area (Å²) in [6.07, 6.45) is 2.92. The van der Waals surface area contributed by atoms with Crippen LogP contribution in [0, 0.1) is 5.92 Å². The Morgan fingerprint density at radius 1 is 1.12 bits per heavy atom. The van der Waals surface area contributed by atoms with Gasteiger partial charge in [-0.1, -0.05) is 23.4 Å². The minimum Gasteiger partial charge on any atom is -0.497 e. The first-order chi connectivity index (χ1) is 20.4. The highest BCUT2D eigenvalue weighted by Crippen LogP contribution is 2.34. The molecular formula is C30H36N6O6. The van der Waals surface area contributed by atoms with Gasteiger partial charge in [0, 0.05) is 52.0 Å². The molecule has 0 saturated carbocycles. The van der Waals surface area contributed by atoms with Crippen LogP contribution in [0.1, 0.15) is 40.5 Å². The minimum absolute atomic E-state index is 0.0177. The molecule has 42 heavy (non-hydrogen) atoms. The molecule has 5 rings (SSSR count). The van der Waals surface area contributed by atoms with Gasteiger partial charge in [0.2, 0.25) is 11.8 Å². The molecule has 2 bridgehead atoms. The first-order valence-corrected chi connectivity index (χ1v) is 14.0. The van der Waals surface area contributed by atoms with E-state index in [0.717, 1.165) is 11.3 Å². The fourth-order valence-electron chi connectivity index (χ4n) is 5.46. The average molecular weight is 577 g/mol. The van der Waals surface area contributed by atoms with E-state index in [9.17, 15) is 14.4 Å². The standard InChI is InChI=1S/C30H36N6O6/c1-34-13-12-31-27(37)15-21-16-35(28(38)11-10-20-6-4-7-23(14-20)40-2)18-25(21)36-17-22(32-33-36)19-42-29-24(30(34)39)8-5-9-26(29)41-3/h4-9,14,17,21,25H,10-13,15-16,18-19H2,1-3H3,(H,31,37)/t21-,25+/m0/s1. The van der Waals surface area contributed by atoms with E-state index < -0.39 is 0 Å². The fraction of sp³-hybridized carbons (Fsp3) is 0.433. The number of likely N-dealkylation sites (tertiary alicyclic amines) is 1. The van der Waals surface area contributed by atoms with Crippen molar-refractivity contribution in [2.75, 3.05) is 47.4 Å². The monoisotopic (exact) mass is 576 g/mol. The molecule has 222 valence electrons. The number of hydrogen-bond donors (Lipinski definition) is 1. The van der Waals surface area contributed by atoms with Gasteiger partial charge in [0.25, 0.3) is 5.91 Å². The number of carbonyl (C=O) groups excluding carboxylic acids is 3. The number of nitrogens with zero attached hydrogens (tertiary/aromatic N) is 5. The third kappa shape index (κ3) is 6.48. The lowest BCUT2D eigenvalue weighted by Gasteiger charge is -2.21. The predicted molar refractivity (Wildman–Crippen MR) is 152 cm³/mol. The summed E-state index contributed by atoms with van der Waals surface area (Å²) in [5.41, 5.74) is 1.92. The van der Waals surface area contributed by atoms with Crippen molar-refractivity contribution in [2.45, 2.75) is 31.9 Å². The molecule has 1 fully saturated rings. The Hall–Kier alpha value is -4.61. The number of amides is 3. The lowest BCUT2D eigenvalue weighted by atomic mass is 9.99. The molecular weight excluding hydrogens is 540 g/mol. The van der Waals surface area contributed by atoms with E-state index in [1.807, 2.05) is 29.2 Å². The number of carbonyl (C=O) groups is 3. The lowest BCUT2D eigenvalue weighted by Crippen LogP contribution is -2.37. The summed E-state index contributed by atoms with van der Waals surface area (Å²) in [6.45, 7) is 1.52. The summed E-state index contributed by atoms with van der Waals surface area (Å²) in [6, 6.07) is 12.6. The van der Waals surface area contributed by atoms with E-state index in [-0.39, 0.29) is 49.3 Å². The van der Waals surface area contributed by atoms with Crippen molar-refractivity contribution in [1.82, 2.24) is 30.1 Å². The van der Waals surface area contributed by atoms with Gasteiger partial charge in [0.15, 0.2) is 11.5 Å². The summed E-state index contributed by atoms with van der Waals surface area (Å²) in [4.78, 5) is 42.8. The van der Waals surface area contributed by atoms with Crippen molar-refractivity contribution in [2.24, 2.45) is 5.92 Å². The van der Waals surface area contributed by atoms with E-state index >= 15 is 0 Å². The summed E-state index contributed by atoms with van der Waals surface area (Å²) in [5, 5.41) is 11.6. The second-order valence-electron chi connectivity index (χ2n) is 10.6. The Morgan fingerprint density at radius 3 is 2.76 bits per heavy atom. The molecule has 0 radical (unpaired) electrons. The first kappa shape index (κ1) is 28.9. The third-order valence-corrected chi connectivity index (χ3v) is 7.78. The highest BCUT2D eigenvalue weighted by atomic mass is 16.5. The molecule has 2 aromatic carbocycles. The number of rotatable bonds is 5. The molecule has 3 amide bonds. The Labute approximate surface area is 244 Å². The van der Waals surface area contributed by atoms with Gasteiger partial charge >= 0.3 is 0 Å². The summed E-state index contributed by atoms with van der Waals surface area (Å²) in [7, 11) is 4.81. The minimum atomic E-state index is -0.257. The molecule has 1 saturated heterocycles. The van der Waals surface area contributed by atoms with E-state index in [1.165, 1.54) is 12.0 Å². The van der Waals surface area contributed by atoms with Crippen molar-refractivity contribution in [1.29, 1.82) is 0 Å². The van der Waals surface area contributed by atoms with E-state index in [2.05, 4.69) is 15.6 Å². The normalized spacial score (nSPS) is 19.4. The molecule has 2 aliphatic heterocycles. The zero-order valence-corrected chi connectivity index (χ0v) is 24.1. The Balaban J connectivity index is 1.35. The van der Waals surface area contributed by atoms with Gasteiger partial charge in [-0.25, -0.2) is 4.68 Å². The predicted octanol–water partition coefficient (Wildman–Crippen LogP) is 2.10. The summed E-state index contributed by atoms with van der Waals surface area (Å²) < 4.78 is 18.6. The van der Waals surface area contributed by atoms with Gasteiger partial charge in [0.1, 0.15) is 18.1 Å². The number of aromatic nitrogens is 3. The van der Waals surface area contributed by atoms with E-state index in [0.29, 0.717) is 55.2 Å². The molecule has 0 unspecified atom stereocenters. The molecule has 2 aliphatic rings. The Morgan fingerprint density at radius 2 is 1.95 bits per heavy atom. The maximum absolute atomic E-state index is 13.3. The van der Waals surface area contributed by atoms with Crippen molar-refractivity contribution >= 4 is 17.7 Å². The van der Waals surface area contributed by atoms with Crippen LogP contribution in [0.3, 0.4) is 0 Å². The Kier molecular flexibility index (Phi) is 8.89. The summed E-state index contributed by atoms with van der Waals surface area (Å²) in [5.74, 6) is 0.954. The summed E-state index contributed by atoms with van der Waals surface area (Å²) >= 11 is 0. The number of benzene rings is 2. The number of likely N-dealkylation sites (N-methyl/N-ethyl adjacent to an activating group) is 1. The highest BCUT2D eigenvalue weighted by Gasteiger charge is 2.38. The van der Waals surface area contributed by atoms with Crippen LogP contribution < -0.4 is 19.5 Å². The van der Waals surface area contributed by atoms with E-state index in [4.69, 9.17) is 14.2 Å². The maximum Gasteiger partial charge on any atom is 0.257 e. The van der Waals surface area contributed by atoms with Crippen LogP contribution >= 0.6 is 0 Å². The van der Waals surface area contributed by atoms with Crippen LogP contribution in [0.5, 0.6) is 17.2 Å². The van der Waals surface area contributed by atoms with Crippen molar-refractivity contribution in [3.63, 3.8) is 0 Å². The van der Waals surface area contributed by atoms with Crippen LogP contribution in [0.2, 0.25) is 0 Å². The van der Waals surface area contributed by atoms with Crippen LogP contribution in [0.4, 0.5) is 0 Å². The van der Waals surface area contributed by atoms with Gasteiger partial charge in [-0.3, -0.25) is 14.4 Å². The van der Waals surface area contributed by atoms with Gasteiger partial charge in [-0.15, -0.1) is 5.10 Å². The zero-order chi connectivity index (χ0) is 29.6. The van der Waals surface area contributed by atoms with Gasteiger partial charge in [-0.05, 0) is 36.2 Å². The number of nitrogens with one attached hydrogen (secondary N) is 1. The molecule has 3 aromatic rings. The van der Waals surface area contributed by atoms with E-state index in [1.54, 1.807) is 43.2 Å². The van der Waals surface area contributed by atoms with Gasteiger partial charge in [0.05, 0.1) is 32.0 Å². The molecule has 12 heteroatoms. The number of hydrogen-bond acceptors (Lipinski definition) is 8. The third-order valence-electron chi connectivity index (χ3n) is 7.78. The number of methoxy groups -OCH3 is 2. The maximum atomic E-state index is 13.3. The zero-order valence-electron chi connectivity index (χ0n) is 24.1. The van der Waals surface area contributed by atoms with Crippen LogP contribution in [-0.2, 0) is 22.6 Å². The number of ether oxygens (including phenoxy) is 3. The molecule has 0 spiro atoms. The number of aryl methyl sites for hydroxylation is 1. The molecule has 1 N–H and O–H groups in total. The lowest BCUT2D eigenvalue weighted by molar-refractivity contribution is -0.130. The number of fused-ring (bicyclic) bond motifs is 5. The van der Waals surface area contributed by atoms with Gasteiger partial charge in [-0.2, -0.15) is 0 Å². The second kappa shape index (κ2) is 12.9. The highest BCUT2D eigenvalue weighted by molar-refractivity contribution is 5.97. The molecule has 2 atom stereocenters. The first-order valence-electron chi connectivity index (χ1n) is 14.0. The van der Waals surface area contributed by atoms with Crippen LogP contribution in [0.25, 0.3) is 0 Å². The SMILES string of the molecule is COc1cccc(CCC(=O)N2C[C@@H]3CC(=O)NCCN(C)C(=O)c4cccc(OC)c4OCc4cn(nn4)[C@@H]3C2)c1. The molecule has 12 nitrogen and oxygen atoms in total. The number of para-hydroxylation sites is 1.